The maximum Gasteiger partial charge on any atom is 0.297 e. The van der Waals surface area contributed by atoms with Gasteiger partial charge in [-0.1, -0.05) is 0 Å². The van der Waals surface area contributed by atoms with Crippen LogP contribution in [0.5, 0.6) is 0 Å². The van der Waals surface area contributed by atoms with Crippen molar-refractivity contribution in [1.29, 1.82) is 5.26 Å². The molecule has 0 aliphatic carbocycles. The van der Waals surface area contributed by atoms with Gasteiger partial charge >= 0.3 is 0 Å². The predicted molar refractivity (Wildman–Crippen MR) is 59.1 cm³/mol. The Morgan fingerprint density at radius 2 is 2.11 bits per heavy atom. The van der Waals surface area contributed by atoms with Crippen LogP contribution >= 0.6 is 0 Å². The summed E-state index contributed by atoms with van der Waals surface area (Å²) in [5.41, 5.74) is -0.848. The van der Waals surface area contributed by atoms with Gasteiger partial charge in [-0.2, -0.15) is 5.26 Å². The average Bonchev–Trinajstić information content (AvgIpc) is 2.37. The Morgan fingerprint density at radius 1 is 1.39 bits per heavy atom. The van der Waals surface area contributed by atoms with Crippen LogP contribution in [0.15, 0.2) is 33.5 Å². The second-order valence-corrected chi connectivity index (χ2v) is 3.35. The molecular formula is C11H4N2O5. The summed E-state index contributed by atoms with van der Waals surface area (Å²) in [6, 6.07) is 5.58. The van der Waals surface area contributed by atoms with Crippen LogP contribution in [-0.4, -0.2) is 10.7 Å². The summed E-state index contributed by atoms with van der Waals surface area (Å²) < 4.78 is 5.04. The monoisotopic (exact) mass is 244 g/mol. The van der Waals surface area contributed by atoms with Gasteiger partial charge in [0.2, 0.25) is 0 Å². The highest BCUT2D eigenvalue weighted by molar-refractivity contribution is 6.06. The van der Waals surface area contributed by atoms with Crippen LogP contribution in [0.4, 0.5) is 5.69 Å². The van der Waals surface area contributed by atoms with E-state index < -0.39 is 16.1 Å². The van der Waals surface area contributed by atoms with E-state index in [0.29, 0.717) is 0 Å². The normalized spacial score (nSPS) is 9.94. The van der Waals surface area contributed by atoms with Gasteiger partial charge in [0, 0.05) is 18.2 Å². The number of benzene rings is 1. The van der Waals surface area contributed by atoms with Crippen LogP contribution in [-0.2, 0) is 0 Å². The number of nitro groups is 1. The van der Waals surface area contributed by atoms with Crippen molar-refractivity contribution in [1.82, 2.24) is 0 Å². The van der Waals surface area contributed by atoms with Crippen molar-refractivity contribution >= 4 is 22.4 Å². The summed E-state index contributed by atoms with van der Waals surface area (Å²) in [6.45, 7) is 0. The maximum atomic E-state index is 11.7. The smallest absolute Gasteiger partial charge is 0.297 e. The molecule has 1 aromatic heterocycles. The van der Waals surface area contributed by atoms with E-state index >= 15 is 0 Å². The zero-order chi connectivity index (χ0) is 13.3. The van der Waals surface area contributed by atoms with E-state index in [0.717, 1.165) is 18.2 Å². The molecule has 18 heavy (non-hydrogen) atoms. The summed E-state index contributed by atoms with van der Waals surface area (Å²) in [4.78, 5) is 32.6. The molecule has 0 aliphatic heterocycles. The summed E-state index contributed by atoms with van der Waals surface area (Å²) in [5.74, 6) is -1.36. The van der Waals surface area contributed by atoms with E-state index in [1.54, 1.807) is 0 Å². The third-order valence-electron chi connectivity index (χ3n) is 2.25. The largest absolute Gasteiger partial charge is 0.452 e. The quantitative estimate of drug-likeness (QED) is 0.341. The molecule has 0 atom stereocenters. The SMILES string of the molecule is N#CC(=O)c1cc(=O)c2cc([N+](=O)[O-])ccc2o1. The van der Waals surface area contributed by atoms with E-state index in [9.17, 15) is 19.7 Å². The Morgan fingerprint density at radius 3 is 2.72 bits per heavy atom. The van der Waals surface area contributed by atoms with Crippen molar-refractivity contribution in [2.45, 2.75) is 0 Å². The Balaban J connectivity index is 2.75. The molecule has 7 heteroatoms. The number of carbonyl (C=O) groups excluding carboxylic acids is 1. The van der Waals surface area contributed by atoms with E-state index in [-0.39, 0.29) is 22.4 Å². The van der Waals surface area contributed by atoms with Crippen LogP contribution in [0.3, 0.4) is 0 Å². The minimum absolute atomic E-state index is 0.0151. The highest BCUT2D eigenvalue weighted by Gasteiger charge is 2.14. The summed E-state index contributed by atoms with van der Waals surface area (Å²) in [6.07, 6.45) is 0. The fourth-order valence-corrected chi connectivity index (χ4v) is 1.42. The van der Waals surface area contributed by atoms with Crippen LogP contribution in [0.2, 0.25) is 0 Å². The predicted octanol–water partition coefficient (Wildman–Crippen LogP) is 1.41. The number of nitro benzene ring substituents is 1. The summed E-state index contributed by atoms with van der Waals surface area (Å²) in [7, 11) is 0. The van der Waals surface area contributed by atoms with Crippen molar-refractivity contribution in [3.8, 4) is 6.07 Å². The lowest BCUT2D eigenvalue weighted by molar-refractivity contribution is -0.384. The van der Waals surface area contributed by atoms with Gasteiger partial charge in [-0.15, -0.1) is 0 Å². The molecule has 2 rings (SSSR count). The molecule has 88 valence electrons. The number of hydrogen-bond donors (Lipinski definition) is 0. The Labute approximate surface area is 99.0 Å². The lowest BCUT2D eigenvalue weighted by Gasteiger charge is -1.98. The third-order valence-corrected chi connectivity index (χ3v) is 2.25. The van der Waals surface area contributed by atoms with Crippen LogP contribution in [0.1, 0.15) is 10.6 Å². The number of non-ortho nitro benzene ring substituents is 1. The first-order valence-corrected chi connectivity index (χ1v) is 4.69. The molecule has 0 saturated heterocycles. The van der Waals surface area contributed by atoms with Gasteiger partial charge in [-0.05, 0) is 6.07 Å². The first kappa shape index (κ1) is 11.5. The molecule has 0 fully saturated rings. The number of fused-ring (bicyclic) bond motifs is 1. The van der Waals surface area contributed by atoms with Crippen LogP contribution in [0.25, 0.3) is 11.0 Å². The highest BCUT2D eigenvalue weighted by Crippen LogP contribution is 2.19. The van der Waals surface area contributed by atoms with Gasteiger partial charge in [0.1, 0.15) is 11.7 Å². The minimum atomic E-state index is -0.979. The van der Waals surface area contributed by atoms with Gasteiger partial charge < -0.3 is 4.42 Å². The Hall–Kier alpha value is -3.01. The van der Waals surface area contributed by atoms with E-state index in [1.165, 1.54) is 12.1 Å². The van der Waals surface area contributed by atoms with Crippen molar-refractivity contribution < 1.29 is 14.1 Å². The fraction of sp³-hybridized carbons (Fsp3) is 0. The molecule has 0 unspecified atom stereocenters. The zero-order valence-electron chi connectivity index (χ0n) is 8.75. The summed E-state index contributed by atoms with van der Waals surface area (Å²) >= 11 is 0. The first-order chi connectivity index (χ1) is 8.52. The maximum absolute atomic E-state index is 11.7. The average molecular weight is 244 g/mol. The molecule has 2 aromatic rings. The summed E-state index contributed by atoms with van der Waals surface area (Å²) in [5, 5.41) is 19.0. The van der Waals surface area contributed by atoms with Crippen molar-refractivity contribution in [3.05, 3.63) is 50.4 Å². The van der Waals surface area contributed by atoms with Gasteiger partial charge in [-0.25, -0.2) is 0 Å². The molecule has 1 heterocycles. The van der Waals surface area contributed by atoms with E-state index in [2.05, 4.69) is 0 Å². The molecule has 0 spiro atoms. The zero-order valence-corrected chi connectivity index (χ0v) is 8.75. The van der Waals surface area contributed by atoms with Crippen molar-refractivity contribution in [2.24, 2.45) is 0 Å². The Kier molecular flexibility index (Phi) is 2.61. The molecule has 0 N–H and O–H groups in total. The molecule has 0 amide bonds. The molecule has 0 bridgehead atoms. The lowest BCUT2D eigenvalue weighted by atomic mass is 10.2. The number of nitrogens with zero attached hydrogens (tertiary/aromatic N) is 2. The molecule has 7 nitrogen and oxygen atoms in total. The van der Waals surface area contributed by atoms with Crippen LogP contribution < -0.4 is 5.43 Å². The van der Waals surface area contributed by atoms with Gasteiger partial charge in [0.05, 0.1) is 10.3 Å². The third kappa shape index (κ3) is 1.82. The number of hydrogen-bond acceptors (Lipinski definition) is 6. The molecule has 0 saturated carbocycles. The van der Waals surface area contributed by atoms with Gasteiger partial charge in [0.25, 0.3) is 11.5 Å². The number of rotatable bonds is 2. The second kappa shape index (κ2) is 4.10. The van der Waals surface area contributed by atoms with E-state index in [4.69, 9.17) is 9.68 Å². The van der Waals surface area contributed by atoms with Crippen molar-refractivity contribution in [3.63, 3.8) is 0 Å². The van der Waals surface area contributed by atoms with Crippen molar-refractivity contribution in [2.75, 3.05) is 0 Å². The Bertz CT molecular complexity index is 769. The van der Waals surface area contributed by atoms with E-state index in [1.807, 2.05) is 0 Å². The van der Waals surface area contributed by atoms with Gasteiger partial charge in [-0.3, -0.25) is 19.7 Å². The molecule has 0 radical (unpaired) electrons. The number of ketones is 1. The number of carbonyl (C=O) groups is 1. The molecule has 0 aliphatic rings. The number of Topliss-reactive ketones (excluding diaryl/α,β-unsaturated/α-hetero) is 1. The van der Waals surface area contributed by atoms with Gasteiger partial charge in [0.15, 0.2) is 11.2 Å². The topological polar surface area (TPSA) is 114 Å². The highest BCUT2D eigenvalue weighted by atomic mass is 16.6. The second-order valence-electron chi connectivity index (χ2n) is 3.35. The standard InChI is InChI=1S/C11H4N2O5/c12-5-9(15)11-4-8(14)7-3-6(13(16)17)1-2-10(7)18-11/h1-4H. The fourth-order valence-electron chi connectivity index (χ4n) is 1.42. The number of nitriles is 1. The van der Waals surface area contributed by atoms with Crippen LogP contribution in [0, 0.1) is 21.4 Å². The minimum Gasteiger partial charge on any atom is -0.452 e. The first-order valence-electron chi connectivity index (χ1n) is 4.69. The molecule has 1 aromatic carbocycles. The molecular weight excluding hydrogens is 240 g/mol. The lowest BCUT2D eigenvalue weighted by Crippen LogP contribution is -2.06.